The highest BCUT2D eigenvalue weighted by Gasteiger charge is 2.22. The van der Waals surface area contributed by atoms with Crippen molar-refractivity contribution in [1.29, 1.82) is 0 Å². The largest absolute Gasteiger partial charge is 0.324 e. The molecule has 1 unspecified atom stereocenters. The van der Waals surface area contributed by atoms with Crippen LogP contribution in [-0.4, -0.2) is 10.9 Å². The average Bonchev–Trinajstić information content (AvgIpc) is 2.08. The molecule has 0 aliphatic carbocycles. The molecule has 2 heterocycles. The monoisotopic (exact) mass is 240 g/mol. The van der Waals surface area contributed by atoms with Gasteiger partial charge in [-0.2, -0.15) is 0 Å². The molecule has 1 atom stereocenters. The topological polar surface area (TPSA) is 42.0 Å². The van der Waals surface area contributed by atoms with Gasteiger partial charge in [-0.25, -0.2) is 0 Å². The van der Waals surface area contributed by atoms with E-state index in [4.69, 9.17) is 0 Å². The van der Waals surface area contributed by atoms with Gasteiger partial charge in [-0.05, 0) is 22.0 Å². The summed E-state index contributed by atoms with van der Waals surface area (Å²) in [4.78, 5) is 15.6. The highest BCUT2D eigenvalue weighted by molar-refractivity contribution is 9.10. The Hall–Kier alpha value is -0.900. The number of pyridine rings is 1. The summed E-state index contributed by atoms with van der Waals surface area (Å²) in [5.74, 6) is 0.105. The molecule has 3 nitrogen and oxygen atoms in total. The molecule has 0 radical (unpaired) electrons. The summed E-state index contributed by atoms with van der Waals surface area (Å²) in [5, 5.41) is 2.82. The van der Waals surface area contributed by atoms with Crippen molar-refractivity contribution >= 4 is 27.5 Å². The molecule has 0 saturated carbocycles. The summed E-state index contributed by atoms with van der Waals surface area (Å²) < 4.78 is 0.890. The van der Waals surface area contributed by atoms with Crippen LogP contribution in [0, 0.1) is 5.92 Å². The lowest BCUT2D eigenvalue weighted by atomic mass is 9.99. The van der Waals surface area contributed by atoms with E-state index < -0.39 is 0 Å². The fourth-order valence-electron chi connectivity index (χ4n) is 1.38. The van der Waals surface area contributed by atoms with E-state index in [2.05, 4.69) is 26.2 Å². The van der Waals surface area contributed by atoms with Crippen molar-refractivity contribution in [3.05, 3.63) is 22.4 Å². The average molecular weight is 241 g/mol. The fourth-order valence-corrected chi connectivity index (χ4v) is 1.71. The molecule has 0 bridgehead atoms. The zero-order valence-corrected chi connectivity index (χ0v) is 8.76. The second-order valence-corrected chi connectivity index (χ2v) is 4.16. The molecule has 0 spiro atoms. The molecule has 68 valence electrons. The Morgan fingerprint density at radius 2 is 2.46 bits per heavy atom. The van der Waals surface area contributed by atoms with Crippen LogP contribution >= 0.6 is 15.9 Å². The van der Waals surface area contributed by atoms with Crippen LogP contribution < -0.4 is 5.32 Å². The lowest BCUT2D eigenvalue weighted by molar-refractivity contribution is -0.119. The lowest BCUT2D eigenvalue weighted by Gasteiger charge is -2.20. The summed E-state index contributed by atoms with van der Waals surface area (Å²) in [6, 6.07) is 1.88. The number of nitrogens with one attached hydrogen (secondary N) is 1. The third kappa shape index (κ3) is 1.58. The molecule has 2 rings (SSSR count). The van der Waals surface area contributed by atoms with Crippen LogP contribution in [0.25, 0.3) is 0 Å². The molecule has 1 aromatic rings. The van der Waals surface area contributed by atoms with Gasteiger partial charge in [0.25, 0.3) is 0 Å². The number of rotatable bonds is 0. The number of anilines is 1. The molecule has 0 fully saturated rings. The van der Waals surface area contributed by atoms with Gasteiger partial charge in [0.15, 0.2) is 0 Å². The Balaban J connectivity index is 2.42. The van der Waals surface area contributed by atoms with Gasteiger partial charge < -0.3 is 5.32 Å². The van der Waals surface area contributed by atoms with Crippen molar-refractivity contribution < 1.29 is 4.79 Å². The minimum Gasteiger partial charge on any atom is -0.324 e. The Morgan fingerprint density at radius 3 is 3.23 bits per heavy atom. The molecule has 13 heavy (non-hydrogen) atoms. The predicted molar refractivity (Wildman–Crippen MR) is 53.4 cm³/mol. The SMILES string of the molecule is CC1Cc2ncc(Br)cc2NC1=O. The highest BCUT2D eigenvalue weighted by atomic mass is 79.9. The van der Waals surface area contributed by atoms with Crippen molar-refractivity contribution in [3.8, 4) is 0 Å². The number of carbonyl (C=O) groups is 1. The van der Waals surface area contributed by atoms with Crippen LogP contribution in [0.4, 0.5) is 5.69 Å². The van der Waals surface area contributed by atoms with Crippen LogP contribution in [0.15, 0.2) is 16.7 Å². The number of hydrogen-bond donors (Lipinski definition) is 1. The van der Waals surface area contributed by atoms with E-state index in [0.717, 1.165) is 22.3 Å². The summed E-state index contributed by atoms with van der Waals surface area (Å²) in [6.45, 7) is 1.90. The van der Waals surface area contributed by atoms with Gasteiger partial charge in [-0.1, -0.05) is 6.92 Å². The first kappa shape index (κ1) is 8.69. The Kier molecular flexibility index (Phi) is 2.07. The minimum atomic E-state index is 0.0289. The van der Waals surface area contributed by atoms with Gasteiger partial charge in [0.1, 0.15) is 0 Å². The number of carbonyl (C=O) groups excluding carboxylic acids is 1. The van der Waals surface area contributed by atoms with Gasteiger partial charge in [0.05, 0.1) is 11.4 Å². The molecular weight excluding hydrogens is 232 g/mol. The van der Waals surface area contributed by atoms with E-state index in [1.807, 2.05) is 13.0 Å². The molecule has 1 N–H and O–H groups in total. The van der Waals surface area contributed by atoms with Crippen molar-refractivity contribution in [2.45, 2.75) is 13.3 Å². The van der Waals surface area contributed by atoms with Crippen LogP contribution in [0.3, 0.4) is 0 Å². The third-order valence-corrected chi connectivity index (χ3v) is 2.58. The van der Waals surface area contributed by atoms with Crippen LogP contribution in [0.1, 0.15) is 12.6 Å². The van der Waals surface area contributed by atoms with E-state index in [0.29, 0.717) is 0 Å². The van der Waals surface area contributed by atoms with Crippen molar-refractivity contribution in [2.24, 2.45) is 5.92 Å². The Bertz CT molecular complexity index is 365. The first-order chi connectivity index (χ1) is 6.16. The molecule has 0 saturated heterocycles. The summed E-state index contributed by atoms with van der Waals surface area (Å²) in [7, 11) is 0. The Labute approximate surface area is 84.7 Å². The molecular formula is C9H9BrN2O. The molecule has 0 aromatic carbocycles. The quantitative estimate of drug-likeness (QED) is 0.754. The first-order valence-electron chi connectivity index (χ1n) is 4.12. The normalized spacial score (nSPS) is 20.8. The molecule has 1 amide bonds. The van der Waals surface area contributed by atoms with Gasteiger partial charge in [-0.3, -0.25) is 9.78 Å². The van der Waals surface area contributed by atoms with Crippen LogP contribution in [0.2, 0.25) is 0 Å². The first-order valence-corrected chi connectivity index (χ1v) is 4.91. The number of amides is 1. The van der Waals surface area contributed by atoms with Gasteiger partial charge in [0, 0.05) is 23.0 Å². The van der Waals surface area contributed by atoms with E-state index in [1.54, 1.807) is 6.20 Å². The summed E-state index contributed by atoms with van der Waals surface area (Å²) >= 11 is 3.31. The van der Waals surface area contributed by atoms with E-state index >= 15 is 0 Å². The van der Waals surface area contributed by atoms with E-state index in [-0.39, 0.29) is 11.8 Å². The van der Waals surface area contributed by atoms with E-state index in [1.165, 1.54) is 0 Å². The highest BCUT2D eigenvalue weighted by Crippen LogP contribution is 2.25. The second-order valence-electron chi connectivity index (χ2n) is 3.24. The maximum atomic E-state index is 11.3. The summed E-state index contributed by atoms with van der Waals surface area (Å²) in [6.07, 6.45) is 2.48. The number of aromatic nitrogens is 1. The number of nitrogens with zero attached hydrogens (tertiary/aromatic N) is 1. The van der Waals surface area contributed by atoms with Gasteiger partial charge in [-0.15, -0.1) is 0 Å². The van der Waals surface area contributed by atoms with Crippen molar-refractivity contribution in [2.75, 3.05) is 5.32 Å². The smallest absolute Gasteiger partial charge is 0.227 e. The van der Waals surface area contributed by atoms with Crippen molar-refractivity contribution in [3.63, 3.8) is 0 Å². The van der Waals surface area contributed by atoms with E-state index in [9.17, 15) is 4.79 Å². The molecule has 1 aliphatic rings. The minimum absolute atomic E-state index is 0.0289. The number of fused-ring (bicyclic) bond motifs is 1. The van der Waals surface area contributed by atoms with Gasteiger partial charge in [0.2, 0.25) is 5.91 Å². The maximum absolute atomic E-state index is 11.3. The molecule has 4 heteroatoms. The number of hydrogen-bond acceptors (Lipinski definition) is 2. The summed E-state index contributed by atoms with van der Waals surface area (Å²) in [5.41, 5.74) is 1.80. The maximum Gasteiger partial charge on any atom is 0.227 e. The fraction of sp³-hybridized carbons (Fsp3) is 0.333. The van der Waals surface area contributed by atoms with Crippen LogP contribution in [0.5, 0.6) is 0 Å². The third-order valence-electron chi connectivity index (χ3n) is 2.14. The van der Waals surface area contributed by atoms with Crippen molar-refractivity contribution in [1.82, 2.24) is 4.98 Å². The lowest BCUT2D eigenvalue weighted by Crippen LogP contribution is -2.28. The molecule has 1 aromatic heterocycles. The zero-order valence-electron chi connectivity index (χ0n) is 7.17. The predicted octanol–water partition coefficient (Wildman–Crippen LogP) is 1.97. The molecule has 1 aliphatic heterocycles. The van der Waals surface area contributed by atoms with Crippen LogP contribution in [-0.2, 0) is 11.2 Å². The standard InChI is InChI=1S/C9H9BrN2O/c1-5-2-7-8(12-9(5)13)3-6(10)4-11-7/h3-5H,2H2,1H3,(H,12,13). The van der Waals surface area contributed by atoms with Gasteiger partial charge >= 0.3 is 0 Å². The Morgan fingerprint density at radius 1 is 1.69 bits per heavy atom. The zero-order chi connectivity index (χ0) is 9.42. The second kappa shape index (κ2) is 3.10. The number of halogens is 1.